The summed E-state index contributed by atoms with van der Waals surface area (Å²) in [6, 6.07) is 18.3. The molecule has 116 valence electrons. The van der Waals surface area contributed by atoms with E-state index in [1.54, 1.807) is 30.3 Å². The highest BCUT2D eigenvalue weighted by atomic mass is 17.3. The van der Waals surface area contributed by atoms with Crippen LogP contribution in [0.3, 0.4) is 0 Å². The van der Waals surface area contributed by atoms with Crippen LogP contribution in [0, 0.1) is 11.3 Å². The number of carbonyl (C=O) groups is 1. The molecule has 0 saturated carbocycles. The van der Waals surface area contributed by atoms with Crippen molar-refractivity contribution in [3.05, 3.63) is 71.3 Å². The van der Waals surface area contributed by atoms with Gasteiger partial charge in [0, 0.05) is 17.5 Å². The highest BCUT2D eigenvalue weighted by molar-refractivity contribution is 5.77. The lowest BCUT2D eigenvalue weighted by atomic mass is 10.0. The van der Waals surface area contributed by atoms with Crippen molar-refractivity contribution in [3.8, 4) is 6.07 Å². The van der Waals surface area contributed by atoms with E-state index in [0.29, 0.717) is 24.0 Å². The Morgan fingerprint density at radius 3 is 2.61 bits per heavy atom. The van der Waals surface area contributed by atoms with Crippen LogP contribution in [0.5, 0.6) is 0 Å². The van der Waals surface area contributed by atoms with Crippen molar-refractivity contribution in [1.29, 1.82) is 5.26 Å². The molecule has 0 radical (unpaired) electrons. The van der Waals surface area contributed by atoms with Crippen molar-refractivity contribution >= 4 is 6.29 Å². The maximum atomic E-state index is 11.0. The Hall–Kier alpha value is -2.52. The lowest BCUT2D eigenvalue weighted by Crippen LogP contribution is -2.26. The lowest BCUT2D eigenvalue weighted by molar-refractivity contribution is -0.319. The number of rotatable bonds is 5. The average Bonchev–Trinajstić information content (AvgIpc) is 3.06. The zero-order valence-electron chi connectivity index (χ0n) is 12.3. The van der Waals surface area contributed by atoms with Gasteiger partial charge in [0.05, 0.1) is 0 Å². The minimum Gasteiger partial charge on any atom is -0.300 e. The van der Waals surface area contributed by atoms with Crippen molar-refractivity contribution in [2.75, 3.05) is 0 Å². The fraction of sp³-hybridized carbons (Fsp3) is 0.222. The zero-order chi connectivity index (χ0) is 16.1. The average molecular weight is 309 g/mol. The number of aryl methyl sites for hydroxylation is 1. The van der Waals surface area contributed by atoms with E-state index < -0.39 is 12.1 Å². The van der Waals surface area contributed by atoms with E-state index >= 15 is 0 Å². The van der Waals surface area contributed by atoms with Gasteiger partial charge in [-0.1, -0.05) is 54.6 Å². The molecule has 2 aromatic rings. The van der Waals surface area contributed by atoms with Crippen LogP contribution in [0.2, 0.25) is 0 Å². The van der Waals surface area contributed by atoms with Gasteiger partial charge in [-0.05, 0) is 12.0 Å². The zero-order valence-corrected chi connectivity index (χ0v) is 12.3. The third kappa shape index (κ3) is 3.15. The summed E-state index contributed by atoms with van der Waals surface area (Å²) in [5.74, 6) is -1.55. The van der Waals surface area contributed by atoms with E-state index in [1.165, 1.54) is 0 Å². The molecule has 0 spiro atoms. The Morgan fingerprint density at radius 1 is 1.13 bits per heavy atom. The predicted molar refractivity (Wildman–Crippen MR) is 80.9 cm³/mol. The molecule has 23 heavy (non-hydrogen) atoms. The van der Waals surface area contributed by atoms with Gasteiger partial charge in [0.2, 0.25) is 0 Å². The Labute approximate surface area is 133 Å². The third-order valence-corrected chi connectivity index (χ3v) is 3.70. The molecule has 1 heterocycles. The molecule has 1 saturated heterocycles. The van der Waals surface area contributed by atoms with Gasteiger partial charge in [-0.3, -0.25) is 9.53 Å². The van der Waals surface area contributed by atoms with Gasteiger partial charge < -0.3 is 0 Å². The van der Waals surface area contributed by atoms with Gasteiger partial charge >= 0.3 is 5.79 Å². The molecule has 1 fully saturated rings. The second kappa shape index (κ2) is 6.71. The maximum absolute atomic E-state index is 11.0. The highest BCUT2D eigenvalue weighted by Crippen LogP contribution is 2.35. The van der Waals surface area contributed by atoms with Crippen LogP contribution in [-0.2, 0) is 26.7 Å². The number of hydrogen-bond donors (Lipinski definition) is 0. The number of carbonyl (C=O) groups excluding carboxylic acids is 1. The smallest absolute Gasteiger partial charge is 0.300 e. The Kier molecular flexibility index (Phi) is 4.49. The Morgan fingerprint density at radius 2 is 1.87 bits per heavy atom. The molecular weight excluding hydrogens is 294 g/mol. The third-order valence-electron chi connectivity index (χ3n) is 3.70. The van der Waals surface area contributed by atoms with Crippen LogP contribution in [0.15, 0.2) is 54.6 Å². The summed E-state index contributed by atoms with van der Waals surface area (Å²) in [6.07, 6.45) is 1.21. The van der Waals surface area contributed by atoms with E-state index in [2.05, 4.69) is 0 Å². The van der Waals surface area contributed by atoms with Crippen molar-refractivity contribution < 1.29 is 19.3 Å². The quantitative estimate of drug-likeness (QED) is 0.627. The second-order valence-electron chi connectivity index (χ2n) is 5.18. The minimum absolute atomic E-state index is 0.473. The molecule has 1 aliphatic rings. The standard InChI is InChI=1S/C18H15NO4/c19-13-18(16-8-2-1-3-9-16)21-17(22-23-18)11-10-14-6-4-5-7-15(14)12-20/h1-9,12,17H,10-11H2/t17-,18-/m0/s1. The number of nitrogens with zero attached hydrogens (tertiary/aromatic N) is 1. The maximum Gasteiger partial charge on any atom is 0.318 e. The normalized spacial score (nSPS) is 23.3. The van der Waals surface area contributed by atoms with Crippen molar-refractivity contribution in [1.82, 2.24) is 0 Å². The van der Waals surface area contributed by atoms with Gasteiger partial charge in [-0.25, -0.2) is 0 Å². The molecule has 3 rings (SSSR count). The first-order valence-electron chi connectivity index (χ1n) is 7.29. The topological polar surface area (TPSA) is 68.5 Å². The van der Waals surface area contributed by atoms with Gasteiger partial charge in [-0.15, -0.1) is 0 Å². The number of nitriles is 1. The van der Waals surface area contributed by atoms with E-state index in [1.807, 2.05) is 30.3 Å². The van der Waals surface area contributed by atoms with Crippen LogP contribution in [-0.4, -0.2) is 12.6 Å². The lowest BCUT2D eigenvalue weighted by Gasteiger charge is -2.16. The number of benzene rings is 2. The second-order valence-corrected chi connectivity index (χ2v) is 5.18. The number of ether oxygens (including phenoxy) is 1. The molecule has 2 atom stereocenters. The van der Waals surface area contributed by atoms with Crippen LogP contribution < -0.4 is 0 Å². The predicted octanol–water partition coefficient (Wildman–Crippen LogP) is 3.11. The van der Waals surface area contributed by atoms with Crippen molar-refractivity contribution in [2.24, 2.45) is 0 Å². The molecule has 5 nitrogen and oxygen atoms in total. The Balaban J connectivity index is 1.68. The first kappa shape index (κ1) is 15.4. The summed E-state index contributed by atoms with van der Waals surface area (Å²) < 4.78 is 5.69. The van der Waals surface area contributed by atoms with E-state index in [0.717, 1.165) is 11.8 Å². The van der Waals surface area contributed by atoms with E-state index in [-0.39, 0.29) is 0 Å². The molecule has 0 N–H and O–H groups in total. The van der Waals surface area contributed by atoms with Gasteiger partial charge in [-0.2, -0.15) is 15.0 Å². The molecule has 0 unspecified atom stereocenters. The summed E-state index contributed by atoms with van der Waals surface area (Å²) in [5, 5.41) is 9.43. The largest absolute Gasteiger partial charge is 0.318 e. The Bertz CT molecular complexity index is 725. The van der Waals surface area contributed by atoms with Crippen LogP contribution in [0.4, 0.5) is 0 Å². The first-order valence-corrected chi connectivity index (χ1v) is 7.29. The van der Waals surface area contributed by atoms with Crippen LogP contribution in [0.25, 0.3) is 0 Å². The summed E-state index contributed by atoms with van der Waals surface area (Å²) in [5.41, 5.74) is 2.13. The highest BCUT2D eigenvalue weighted by Gasteiger charge is 2.45. The molecule has 1 aliphatic heterocycles. The molecule has 0 aliphatic carbocycles. The van der Waals surface area contributed by atoms with Crippen molar-refractivity contribution in [3.63, 3.8) is 0 Å². The number of aldehydes is 1. The summed E-state index contributed by atoms with van der Waals surface area (Å²) in [4.78, 5) is 21.4. The van der Waals surface area contributed by atoms with E-state index in [9.17, 15) is 10.1 Å². The molecular formula is C18H15NO4. The summed E-state index contributed by atoms with van der Waals surface area (Å²) >= 11 is 0. The molecule has 2 aromatic carbocycles. The SMILES string of the molecule is N#C[C@@]1(c2ccccc2)OO[C@@H](CCc2ccccc2C=O)O1. The molecule has 0 bridgehead atoms. The van der Waals surface area contributed by atoms with Gasteiger partial charge in [0.1, 0.15) is 12.4 Å². The fourth-order valence-corrected chi connectivity index (χ4v) is 2.49. The first-order chi connectivity index (χ1) is 11.3. The number of hydrogen-bond acceptors (Lipinski definition) is 5. The monoisotopic (exact) mass is 309 g/mol. The molecule has 0 aromatic heterocycles. The van der Waals surface area contributed by atoms with Crippen LogP contribution >= 0.6 is 0 Å². The van der Waals surface area contributed by atoms with Gasteiger partial charge in [0.25, 0.3) is 0 Å². The fourth-order valence-electron chi connectivity index (χ4n) is 2.49. The van der Waals surface area contributed by atoms with Gasteiger partial charge in [0.15, 0.2) is 6.29 Å². The van der Waals surface area contributed by atoms with Crippen LogP contribution in [0.1, 0.15) is 27.9 Å². The minimum atomic E-state index is -1.55. The van der Waals surface area contributed by atoms with E-state index in [4.69, 9.17) is 14.5 Å². The molecule has 5 heteroatoms. The van der Waals surface area contributed by atoms with Crippen molar-refractivity contribution in [2.45, 2.75) is 24.9 Å². The summed E-state index contributed by atoms with van der Waals surface area (Å²) in [7, 11) is 0. The summed E-state index contributed by atoms with van der Waals surface area (Å²) in [6.45, 7) is 0. The molecule has 0 amide bonds.